The number of ether oxygens (including phenoxy) is 2. The number of aldehydes is 1. The van der Waals surface area contributed by atoms with Crippen molar-refractivity contribution in [2.75, 3.05) is 43.2 Å². The largest absolute Gasteiger partial charge is 0.488 e. The molecule has 2 aromatic heterocycles. The number of rotatable bonds is 19. The predicted octanol–water partition coefficient (Wildman–Crippen LogP) is 10.4. The van der Waals surface area contributed by atoms with E-state index in [4.69, 9.17) is 21.7 Å². The number of hydrogen-bond donors (Lipinski definition) is 2. The number of alkyl halides is 3. The van der Waals surface area contributed by atoms with E-state index in [1.54, 1.807) is 37.6 Å². The van der Waals surface area contributed by atoms with Gasteiger partial charge in [0.05, 0.1) is 63.5 Å². The molecule has 0 radical (unpaired) electrons. The summed E-state index contributed by atoms with van der Waals surface area (Å²) in [6, 6.07) is 11.2. The van der Waals surface area contributed by atoms with Crippen molar-refractivity contribution in [2.45, 2.75) is 104 Å². The zero-order valence-corrected chi connectivity index (χ0v) is 45.0. The number of carbonyl (C=O) groups is 4. The van der Waals surface area contributed by atoms with Gasteiger partial charge in [0.1, 0.15) is 36.2 Å². The molecule has 77 heavy (non-hydrogen) atoms. The minimum Gasteiger partial charge on any atom is -0.488 e. The van der Waals surface area contributed by atoms with Gasteiger partial charge in [-0.1, -0.05) is 45.0 Å². The molecule has 3 heterocycles. The smallest absolute Gasteiger partial charge is 0.420 e. The predicted molar refractivity (Wildman–Crippen MR) is 280 cm³/mol. The average molecular weight is 1110 g/mol. The molecule has 5 aromatic rings. The molecular weight excluding hydrogens is 1050 g/mol. The van der Waals surface area contributed by atoms with E-state index in [9.17, 15) is 37.6 Å². The lowest BCUT2D eigenvalue weighted by atomic mass is 9.85. The van der Waals surface area contributed by atoms with Crippen LogP contribution < -0.4 is 25.2 Å². The summed E-state index contributed by atoms with van der Waals surface area (Å²) in [6.07, 6.45) is -2.28. The molecule has 0 spiro atoms. The summed E-state index contributed by atoms with van der Waals surface area (Å²) in [5.41, 5.74) is -2.38. The number of nitriles is 1. The maximum absolute atomic E-state index is 15.9. The quantitative estimate of drug-likeness (QED) is 0.0348. The fourth-order valence-electron chi connectivity index (χ4n) is 8.65. The van der Waals surface area contributed by atoms with Crippen LogP contribution in [0, 0.1) is 46.9 Å². The summed E-state index contributed by atoms with van der Waals surface area (Å²) in [6.45, 7) is 11.7. The second-order valence-electron chi connectivity index (χ2n) is 20.0. The van der Waals surface area contributed by atoms with E-state index in [2.05, 4.69) is 20.6 Å². The molecule has 3 aromatic carbocycles. The third-order valence-corrected chi connectivity index (χ3v) is 14.2. The van der Waals surface area contributed by atoms with Crippen LogP contribution in [0.25, 0.3) is 21.7 Å². The van der Waals surface area contributed by atoms with Crippen molar-refractivity contribution in [2.24, 2.45) is 5.41 Å². The van der Waals surface area contributed by atoms with Gasteiger partial charge in [0.15, 0.2) is 34.1 Å². The molecule has 23 heteroatoms. The number of likely N-dealkylation sites (tertiary alicyclic amines) is 1. The van der Waals surface area contributed by atoms with Crippen LogP contribution in [0.5, 0.6) is 5.75 Å². The summed E-state index contributed by atoms with van der Waals surface area (Å²) in [5, 5.41) is 14.5. The molecule has 1 aliphatic heterocycles. The summed E-state index contributed by atoms with van der Waals surface area (Å²) >= 11 is 7.04. The Hall–Kier alpha value is -7.03. The lowest BCUT2D eigenvalue weighted by Crippen LogP contribution is -2.58. The Morgan fingerprint density at radius 3 is 2.19 bits per heavy atom. The van der Waals surface area contributed by atoms with E-state index >= 15 is 17.6 Å². The Balaban J connectivity index is 0.998. The molecule has 2 N–H and O–H groups in total. The Kier molecular flexibility index (Phi) is 18.9. The van der Waals surface area contributed by atoms with Gasteiger partial charge in [-0.3, -0.25) is 19.4 Å². The molecular formula is C54H57F7N8O6S2. The van der Waals surface area contributed by atoms with Crippen LogP contribution in [0.3, 0.4) is 0 Å². The minimum atomic E-state index is -5.26. The number of carbonyl (C=O) groups excluding carboxylic acids is 4. The van der Waals surface area contributed by atoms with Crippen molar-refractivity contribution < 1.29 is 59.4 Å². The monoisotopic (exact) mass is 1110 g/mol. The van der Waals surface area contributed by atoms with Crippen molar-refractivity contribution in [1.29, 1.82) is 5.26 Å². The number of thiocarbonyl (C=S) groups is 1. The molecule has 0 bridgehead atoms. The highest BCUT2D eigenvalue weighted by Crippen LogP contribution is 2.39. The van der Waals surface area contributed by atoms with Gasteiger partial charge in [0.25, 0.3) is 0 Å². The number of thiazole rings is 1. The number of nitrogens with zero attached hydrogens (tertiary/aromatic N) is 6. The van der Waals surface area contributed by atoms with Gasteiger partial charge >= 0.3 is 6.18 Å². The Morgan fingerprint density at radius 1 is 0.948 bits per heavy atom. The Labute approximate surface area is 450 Å². The molecule has 3 unspecified atom stereocenters. The van der Waals surface area contributed by atoms with E-state index < -0.39 is 104 Å². The van der Waals surface area contributed by atoms with Gasteiger partial charge in [0.2, 0.25) is 17.7 Å². The number of pyridine rings is 1. The fraction of sp³-hybridized carbons (Fsp3) is 0.407. The van der Waals surface area contributed by atoms with Crippen LogP contribution in [0.2, 0.25) is 0 Å². The highest BCUT2D eigenvalue weighted by Gasteiger charge is 2.43. The standard InChI is InChI=1S/C54H57F7N8O6S2/c1-30(32-13-15-33(16-14-32)47-31(2)64-29-77-47)65-49(72)41-12-11-19-68(41)50(73)48(52(3,4)5)66-42(71)27-74-20-9-10-21-75-46-38(56)22-35(23-39(46)57)45-37(55)24-36(26-63-45)69(53(6,7)28-70)51(76)67(8)40-18-17-34(25-62)43(44(40)58)54(59,60)61/h13-18,22-24,26,28-30,41,48H,9-12,19-21,27H2,1-8H3,(H,65,72)(H,66,71). The first-order valence-electron chi connectivity index (χ1n) is 24.3. The number of nitrogens with one attached hydrogen (secondary N) is 2. The van der Waals surface area contributed by atoms with Crippen molar-refractivity contribution in [3.05, 3.63) is 112 Å². The van der Waals surface area contributed by atoms with Gasteiger partial charge < -0.3 is 39.6 Å². The van der Waals surface area contributed by atoms with Crippen LogP contribution in [-0.4, -0.2) is 95.0 Å². The molecule has 1 saturated heterocycles. The fourth-order valence-corrected chi connectivity index (χ4v) is 9.90. The topological polar surface area (TPSA) is 170 Å². The van der Waals surface area contributed by atoms with Gasteiger partial charge in [-0.15, -0.1) is 11.3 Å². The molecule has 410 valence electrons. The first-order chi connectivity index (χ1) is 36.2. The van der Waals surface area contributed by atoms with Crippen LogP contribution in [-0.2, 0) is 30.1 Å². The third-order valence-electron chi connectivity index (χ3n) is 12.8. The Morgan fingerprint density at radius 2 is 1.61 bits per heavy atom. The van der Waals surface area contributed by atoms with Crippen molar-refractivity contribution in [1.82, 2.24) is 25.5 Å². The highest BCUT2D eigenvalue weighted by atomic mass is 32.1. The van der Waals surface area contributed by atoms with Crippen molar-refractivity contribution in [3.8, 4) is 33.5 Å². The molecule has 14 nitrogen and oxygen atoms in total. The maximum Gasteiger partial charge on any atom is 0.420 e. The van der Waals surface area contributed by atoms with Crippen molar-refractivity contribution in [3.63, 3.8) is 0 Å². The van der Waals surface area contributed by atoms with E-state index in [-0.39, 0.29) is 42.8 Å². The van der Waals surface area contributed by atoms with Crippen molar-refractivity contribution >= 4 is 64.0 Å². The molecule has 3 amide bonds. The number of unbranched alkanes of at least 4 members (excludes halogenated alkanes) is 1. The zero-order valence-electron chi connectivity index (χ0n) is 43.4. The number of anilines is 2. The van der Waals surface area contributed by atoms with Gasteiger partial charge in [0, 0.05) is 31.8 Å². The number of hydrogen-bond acceptors (Lipinski definition) is 11. The minimum absolute atomic E-state index is 0.0453. The molecule has 0 aliphatic carbocycles. The average Bonchev–Trinajstić information content (AvgIpc) is 4.04. The summed E-state index contributed by atoms with van der Waals surface area (Å²) in [7, 11) is 1.10. The first-order valence-corrected chi connectivity index (χ1v) is 25.6. The molecule has 0 saturated carbocycles. The molecule has 3 atom stereocenters. The van der Waals surface area contributed by atoms with Gasteiger partial charge in [-0.05, 0) is 106 Å². The van der Waals surface area contributed by atoms with E-state index in [1.807, 2.05) is 38.1 Å². The first kappa shape index (κ1) is 59.2. The Bertz CT molecular complexity index is 3030. The van der Waals surface area contributed by atoms with E-state index in [0.717, 1.165) is 75.1 Å². The summed E-state index contributed by atoms with van der Waals surface area (Å²) < 4.78 is 114. The van der Waals surface area contributed by atoms with Crippen LogP contribution in [0.4, 0.5) is 42.1 Å². The maximum atomic E-state index is 15.9. The normalized spacial score (nSPS) is 14.6. The van der Waals surface area contributed by atoms with Crippen LogP contribution in [0.1, 0.15) is 95.7 Å². The number of aromatic nitrogens is 2. The lowest BCUT2D eigenvalue weighted by Gasteiger charge is -2.39. The van der Waals surface area contributed by atoms with Crippen LogP contribution in [0.15, 0.2) is 66.3 Å². The van der Waals surface area contributed by atoms with Gasteiger partial charge in [-0.2, -0.15) is 18.4 Å². The van der Waals surface area contributed by atoms with Gasteiger partial charge in [-0.25, -0.2) is 22.5 Å². The third kappa shape index (κ3) is 13.8. The number of halogens is 7. The summed E-state index contributed by atoms with van der Waals surface area (Å²) in [4.78, 5) is 65.7. The zero-order chi connectivity index (χ0) is 56.7. The molecule has 6 rings (SSSR count). The number of amides is 3. The number of benzene rings is 3. The lowest BCUT2D eigenvalue weighted by molar-refractivity contribution is -0.144. The van der Waals surface area contributed by atoms with E-state index in [1.165, 1.54) is 24.8 Å². The SMILES string of the molecule is Cc1ncsc1-c1ccc(C(C)NC(=O)C2CCCN2C(=O)C(NC(=O)COCCCCOc2c(F)cc(-c3ncc(N(C(=S)N(C)c4ccc(C#N)c(C(F)(F)F)c4F)C(C)(C)C=O)cc3F)cc2F)C(C)(C)C)cc1. The molecule has 1 fully saturated rings. The second kappa shape index (κ2) is 24.5. The molecule has 1 aliphatic rings. The summed E-state index contributed by atoms with van der Waals surface area (Å²) in [5.74, 6) is -7.39. The highest BCUT2D eigenvalue weighted by molar-refractivity contribution is 7.80. The van der Waals surface area contributed by atoms with Crippen LogP contribution >= 0.6 is 23.6 Å². The number of aryl methyl sites for hydroxylation is 1. The van der Waals surface area contributed by atoms with E-state index in [0.29, 0.717) is 32.1 Å². The second-order valence-corrected chi connectivity index (χ2v) is 21.2.